The largest absolute Gasteiger partial charge is 0.368 e. The molecule has 2 amide bonds. The van der Waals surface area contributed by atoms with E-state index in [-0.39, 0.29) is 29.6 Å². The number of ketones is 1. The highest BCUT2D eigenvalue weighted by molar-refractivity contribution is 6.02. The summed E-state index contributed by atoms with van der Waals surface area (Å²) in [6.45, 7) is 0.903. The number of Topliss-reactive ketones (excluding diaryl/α,β-unsaturated/α-hetero) is 1. The predicted octanol–water partition coefficient (Wildman–Crippen LogP) is 2.59. The van der Waals surface area contributed by atoms with Crippen molar-refractivity contribution in [3.05, 3.63) is 52.7 Å². The van der Waals surface area contributed by atoms with Crippen LogP contribution in [-0.4, -0.2) is 78.0 Å². The number of rotatable bonds is 4. The molecule has 1 aliphatic carbocycles. The first-order valence-corrected chi connectivity index (χ1v) is 13.1. The topological polar surface area (TPSA) is 101 Å². The fourth-order valence-electron chi connectivity index (χ4n) is 6.94. The monoisotopic (exact) mass is 499 g/mol. The summed E-state index contributed by atoms with van der Waals surface area (Å²) < 4.78 is 2.14. The molecule has 0 spiro atoms. The predicted molar refractivity (Wildman–Crippen MR) is 143 cm³/mol. The van der Waals surface area contributed by atoms with Crippen LogP contribution in [0.5, 0.6) is 0 Å². The second kappa shape index (κ2) is 8.80. The van der Waals surface area contributed by atoms with Gasteiger partial charge in [-0.25, -0.2) is 0 Å². The molecule has 8 nitrogen and oxygen atoms in total. The van der Waals surface area contributed by atoms with Crippen molar-refractivity contribution >= 4 is 40.9 Å². The molecule has 1 saturated heterocycles. The molecule has 2 fully saturated rings. The van der Waals surface area contributed by atoms with Gasteiger partial charge >= 0.3 is 0 Å². The number of para-hydroxylation sites is 1. The number of hydrogen-bond acceptors (Lipinski definition) is 5. The molecule has 3 unspecified atom stereocenters. The van der Waals surface area contributed by atoms with Gasteiger partial charge in [-0.15, -0.1) is 0 Å². The van der Waals surface area contributed by atoms with E-state index in [0.717, 1.165) is 52.7 Å². The van der Waals surface area contributed by atoms with Crippen molar-refractivity contribution in [2.45, 2.75) is 43.7 Å². The zero-order valence-corrected chi connectivity index (χ0v) is 21.6. The van der Waals surface area contributed by atoms with Crippen molar-refractivity contribution < 1.29 is 14.4 Å². The van der Waals surface area contributed by atoms with Crippen LogP contribution >= 0.6 is 0 Å². The molecule has 192 valence electrons. The van der Waals surface area contributed by atoms with Crippen molar-refractivity contribution in [1.82, 2.24) is 14.4 Å². The number of nitrogens with two attached hydrogens (primary N) is 1. The highest BCUT2D eigenvalue weighted by atomic mass is 16.2. The summed E-state index contributed by atoms with van der Waals surface area (Å²) in [4.78, 5) is 48.1. The normalized spacial score (nSPS) is 28.9. The maximum absolute atomic E-state index is 14.0. The highest BCUT2D eigenvalue weighted by Gasteiger charge is 2.48. The quantitative estimate of drug-likeness (QED) is 0.699. The summed E-state index contributed by atoms with van der Waals surface area (Å²) in [5.74, 6) is -1.24. The lowest BCUT2D eigenvalue weighted by Crippen LogP contribution is -2.46. The van der Waals surface area contributed by atoms with Crippen LogP contribution in [0, 0.1) is 11.8 Å². The Hall–Kier alpha value is -3.52. The Kier molecular flexibility index (Phi) is 5.67. The Balaban J connectivity index is 1.53. The van der Waals surface area contributed by atoms with Crippen molar-refractivity contribution in [3.63, 3.8) is 0 Å². The van der Waals surface area contributed by atoms with Crippen molar-refractivity contribution in [2.75, 3.05) is 27.7 Å². The molecule has 0 radical (unpaired) electrons. The van der Waals surface area contributed by atoms with Gasteiger partial charge in [0.25, 0.3) is 0 Å². The fraction of sp³-hybridized carbons (Fsp3) is 0.448. The first-order valence-electron chi connectivity index (χ1n) is 13.1. The smallest absolute Gasteiger partial charge is 0.246 e. The van der Waals surface area contributed by atoms with Gasteiger partial charge in [-0.05, 0) is 57.0 Å². The maximum Gasteiger partial charge on any atom is 0.246 e. The average molecular weight is 500 g/mol. The Labute approximate surface area is 216 Å². The summed E-state index contributed by atoms with van der Waals surface area (Å²) >= 11 is 0. The molecular formula is C29H33N5O3. The van der Waals surface area contributed by atoms with Gasteiger partial charge in [0, 0.05) is 55.0 Å². The lowest BCUT2D eigenvalue weighted by molar-refractivity contribution is -0.141. The van der Waals surface area contributed by atoms with Gasteiger partial charge in [-0.3, -0.25) is 24.3 Å². The van der Waals surface area contributed by atoms with Gasteiger partial charge in [-0.2, -0.15) is 0 Å². The molecule has 1 saturated carbocycles. The second-order valence-electron chi connectivity index (χ2n) is 11.1. The van der Waals surface area contributed by atoms with Crippen LogP contribution in [0.15, 0.2) is 52.0 Å². The van der Waals surface area contributed by atoms with Gasteiger partial charge in [0.1, 0.15) is 0 Å². The molecule has 2 N–H and O–H groups in total. The van der Waals surface area contributed by atoms with Crippen LogP contribution in [-0.2, 0) is 14.4 Å². The van der Waals surface area contributed by atoms with E-state index in [1.165, 1.54) is 0 Å². The van der Waals surface area contributed by atoms with Crippen LogP contribution < -0.4 is 5.73 Å². The highest BCUT2D eigenvalue weighted by Crippen LogP contribution is 2.50. The minimum absolute atomic E-state index is 0.0257. The number of aromatic nitrogens is 1. The van der Waals surface area contributed by atoms with Crippen molar-refractivity contribution in [2.24, 2.45) is 22.6 Å². The number of fused-ring (bicyclic) bond motifs is 6. The Morgan fingerprint density at radius 1 is 1.14 bits per heavy atom. The zero-order valence-electron chi connectivity index (χ0n) is 21.6. The lowest BCUT2D eigenvalue weighted by Gasteiger charge is -2.39. The molecule has 2 aromatic rings. The van der Waals surface area contributed by atoms with E-state index in [0.29, 0.717) is 12.8 Å². The molecule has 1 aromatic carbocycles. The van der Waals surface area contributed by atoms with Crippen molar-refractivity contribution in [3.8, 4) is 0 Å². The summed E-state index contributed by atoms with van der Waals surface area (Å²) in [5.41, 5.74) is 10.6. The van der Waals surface area contributed by atoms with Gasteiger partial charge in [0.05, 0.1) is 17.5 Å². The third kappa shape index (κ3) is 3.69. The average Bonchev–Trinajstić information content (AvgIpc) is 3.58. The van der Waals surface area contributed by atoms with Crippen molar-refractivity contribution in [1.29, 1.82) is 0 Å². The third-order valence-corrected chi connectivity index (χ3v) is 8.78. The molecule has 4 heterocycles. The molecule has 4 aliphatic rings. The summed E-state index contributed by atoms with van der Waals surface area (Å²) in [5, 5.41) is 1.09. The number of benzene rings is 1. The minimum atomic E-state index is -0.759. The van der Waals surface area contributed by atoms with E-state index in [1.54, 1.807) is 25.2 Å². The van der Waals surface area contributed by atoms with E-state index >= 15 is 0 Å². The molecule has 5 atom stereocenters. The Bertz CT molecular complexity index is 1410. The summed E-state index contributed by atoms with van der Waals surface area (Å²) in [6, 6.07) is 9.43. The zero-order chi connectivity index (χ0) is 26.0. The number of aliphatic imine (C=N–C) groups is 1. The molecule has 1 aromatic heterocycles. The number of hydrogen-bond donors (Lipinski definition) is 1. The molecule has 6 rings (SSSR count). The Morgan fingerprint density at radius 3 is 2.62 bits per heavy atom. The summed E-state index contributed by atoms with van der Waals surface area (Å²) in [6.07, 6.45) is 6.59. The fourth-order valence-corrected chi connectivity index (χ4v) is 6.94. The molecule has 0 bridgehead atoms. The lowest BCUT2D eigenvalue weighted by atomic mass is 9.66. The molecule has 3 aliphatic heterocycles. The third-order valence-electron chi connectivity index (χ3n) is 8.78. The standard InChI is InChI=1S/C29H33N5O3/c1-32(2)29(37)20-12-17-18(13-19(20)27(35)24-9-6-10-33(24)3)25-11-16-7-4-5-8-23(16)34(25)15-22-21(17)14-31-26(22)28(30)36/h4-5,7-8,11,14-15,18-20,24,26H,6,9-10,12-13H2,1-3H3,(H2,30,36)/t18?,19?,20-,24+,26?/m1/s1. The number of primary amides is 1. The number of carbonyl (C=O) groups is 3. The van der Waals surface area contributed by atoms with Crippen LogP contribution in [0.2, 0.25) is 0 Å². The first-order chi connectivity index (χ1) is 17.8. The van der Waals surface area contributed by atoms with Gasteiger partial charge in [0.15, 0.2) is 11.8 Å². The number of nitrogens with zero attached hydrogens (tertiary/aromatic N) is 4. The number of likely N-dealkylation sites (N-methyl/N-ethyl adjacent to an activating group) is 1. The van der Waals surface area contributed by atoms with Gasteiger partial charge in [-0.1, -0.05) is 23.8 Å². The van der Waals surface area contributed by atoms with Crippen LogP contribution in [0.1, 0.15) is 37.3 Å². The molecule has 8 heteroatoms. The Morgan fingerprint density at radius 2 is 1.92 bits per heavy atom. The first kappa shape index (κ1) is 23.9. The van der Waals surface area contributed by atoms with E-state index in [4.69, 9.17) is 5.73 Å². The summed E-state index contributed by atoms with van der Waals surface area (Å²) in [7, 11) is 5.52. The van der Waals surface area contributed by atoms with E-state index in [2.05, 4.69) is 32.7 Å². The van der Waals surface area contributed by atoms with E-state index in [9.17, 15) is 14.4 Å². The van der Waals surface area contributed by atoms with E-state index < -0.39 is 17.9 Å². The van der Waals surface area contributed by atoms with Crippen LogP contribution in [0.25, 0.3) is 17.1 Å². The van der Waals surface area contributed by atoms with E-state index in [1.807, 2.05) is 25.4 Å². The SMILES string of the molecule is CN(C)C(=O)[C@@H]1CC2=C3C=NC(C(N)=O)C3=Cn3c(cc4ccccc43)C2CC1C(=O)[C@@H]1CCCN1C. The maximum atomic E-state index is 14.0. The van der Waals surface area contributed by atoms with Gasteiger partial charge in [0.2, 0.25) is 11.8 Å². The second-order valence-corrected chi connectivity index (χ2v) is 11.1. The number of amides is 2. The van der Waals surface area contributed by atoms with Crippen LogP contribution in [0.4, 0.5) is 0 Å². The molecule has 37 heavy (non-hydrogen) atoms. The number of allylic oxidation sites excluding steroid dienone is 1. The van der Waals surface area contributed by atoms with Crippen LogP contribution in [0.3, 0.4) is 0 Å². The number of carbonyl (C=O) groups excluding carboxylic acids is 3. The van der Waals surface area contributed by atoms with Gasteiger partial charge < -0.3 is 15.2 Å². The molecular weight excluding hydrogens is 466 g/mol. The minimum Gasteiger partial charge on any atom is -0.368 e. The number of likely N-dealkylation sites (tertiary alicyclic amines) is 1.